The van der Waals surface area contributed by atoms with Crippen LogP contribution in [0.15, 0.2) is 18.2 Å². The first kappa shape index (κ1) is 10.9. The Kier molecular flexibility index (Phi) is 3.18. The van der Waals surface area contributed by atoms with E-state index < -0.39 is 0 Å². The Balaban J connectivity index is 1.57. The predicted octanol–water partition coefficient (Wildman–Crippen LogP) is 2.14. The topological polar surface area (TPSA) is 30.5 Å². The summed E-state index contributed by atoms with van der Waals surface area (Å²) >= 11 is 0. The molecule has 3 heteroatoms. The van der Waals surface area contributed by atoms with Gasteiger partial charge in [0.15, 0.2) is 0 Å². The van der Waals surface area contributed by atoms with Crippen molar-refractivity contribution >= 4 is 0 Å². The van der Waals surface area contributed by atoms with Crippen LogP contribution in [-0.2, 0) is 6.42 Å². The molecule has 0 saturated carbocycles. The van der Waals surface area contributed by atoms with Gasteiger partial charge in [-0.2, -0.15) is 0 Å². The molecule has 1 unspecified atom stereocenters. The normalized spacial score (nSPS) is 22.9. The molecule has 1 saturated heterocycles. The van der Waals surface area contributed by atoms with Crippen molar-refractivity contribution in [2.24, 2.45) is 0 Å². The zero-order chi connectivity index (χ0) is 11.5. The van der Waals surface area contributed by atoms with Gasteiger partial charge in [0.2, 0.25) is 0 Å². The van der Waals surface area contributed by atoms with E-state index >= 15 is 0 Å². The van der Waals surface area contributed by atoms with Gasteiger partial charge in [0, 0.05) is 18.5 Å². The second kappa shape index (κ2) is 4.96. The Morgan fingerprint density at radius 3 is 3.24 bits per heavy atom. The number of hydrogen-bond acceptors (Lipinski definition) is 3. The van der Waals surface area contributed by atoms with Crippen molar-refractivity contribution in [2.45, 2.75) is 31.7 Å². The summed E-state index contributed by atoms with van der Waals surface area (Å²) < 4.78 is 11.4. The molecule has 0 spiro atoms. The lowest BCUT2D eigenvalue weighted by Crippen LogP contribution is -2.38. The molecule has 0 bridgehead atoms. The largest absolute Gasteiger partial charge is 0.493 e. The molecule has 0 aromatic heterocycles. The molecule has 1 atom stereocenters. The minimum absolute atomic E-state index is 0.512. The van der Waals surface area contributed by atoms with E-state index in [0.717, 1.165) is 37.7 Å². The van der Waals surface area contributed by atoms with Crippen molar-refractivity contribution < 1.29 is 9.47 Å². The zero-order valence-corrected chi connectivity index (χ0v) is 10.1. The summed E-state index contributed by atoms with van der Waals surface area (Å²) in [4.78, 5) is 0. The van der Waals surface area contributed by atoms with Crippen LogP contribution >= 0.6 is 0 Å². The van der Waals surface area contributed by atoms with Crippen LogP contribution in [0.5, 0.6) is 11.5 Å². The lowest BCUT2D eigenvalue weighted by Gasteiger charge is -2.23. The second-order valence-electron chi connectivity index (χ2n) is 4.83. The van der Waals surface area contributed by atoms with E-state index in [1.54, 1.807) is 0 Å². The second-order valence-corrected chi connectivity index (χ2v) is 4.83. The number of benzene rings is 1. The molecular weight excluding hydrogens is 214 g/mol. The van der Waals surface area contributed by atoms with Crippen molar-refractivity contribution in [3.63, 3.8) is 0 Å². The van der Waals surface area contributed by atoms with Crippen molar-refractivity contribution in [1.82, 2.24) is 5.32 Å². The molecule has 1 aromatic rings. The van der Waals surface area contributed by atoms with Gasteiger partial charge in [-0.1, -0.05) is 12.5 Å². The molecule has 1 N–H and O–H groups in total. The van der Waals surface area contributed by atoms with Crippen LogP contribution in [0, 0.1) is 0 Å². The van der Waals surface area contributed by atoms with E-state index in [-0.39, 0.29) is 0 Å². The minimum Gasteiger partial charge on any atom is -0.493 e. The van der Waals surface area contributed by atoms with Crippen molar-refractivity contribution in [2.75, 3.05) is 19.8 Å². The molecule has 1 fully saturated rings. The molecule has 2 heterocycles. The third-order valence-electron chi connectivity index (χ3n) is 3.53. The summed E-state index contributed by atoms with van der Waals surface area (Å²) in [5.41, 5.74) is 1.30. The Labute approximate surface area is 102 Å². The third kappa shape index (κ3) is 2.55. The van der Waals surface area contributed by atoms with E-state index in [1.807, 2.05) is 6.07 Å². The predicted molar refractivity (Wildman–Crippen MR) is 66.8 cm³/mol. The molecule has 2 aliphatic heterocycles. The molecule has 0 aliphatic carbocycles. The lowest BCUT2D eigenvalue weighted by atomic mass is 10.1. The first-order chi connectivity index (χ1) is 8.42. The highest BCUT2D eigenvalue weighted by Gasteiger charge is 2.15. The smallest absolute Gasteiger partial charge is 0.126 e. The lowest BCUT2D eigenvalue weighted by molar-refractivity contribution is 0.238. The Morgan fingerprint density at radius 1 is 1.35 bits per heavy atom. The Bertz CT molecular complexity index is 386. The van der Waals surface area contributed by atoms with Crippen LogP contribution in [0.4, 0.5) is 0 Å². The van der Waals surface area contributed by atoms with Gasteiger partial charge in [-0.3, -0.25) is 0 Å². The highest BCUT2D eigenvalue weighted by molar-refractivity contribution is 5.42. The van der Waals surface area contributed by atoms with Crippen LogP contribution in [0.3, 0.4) is 0 Å². The van der Waals surface area contributed by atoms with Crippen LogP contribution in [-0.4, -0.2) is 25.8 Å². The van der Waals surface area contributed by atoms with Gasteiger partial charge in [0.1, 0.15) is 18.1 Å². The maximum atomic E-state index is 5.83. The van der Waals surface area contributed by atoms with Crippen molar-refractivity contribution in [1.29, 1.82) is 0 Å². The maximum absolute atomic E-state index is 5.83. The van der Waals surface area contributed by atoms with E-state index in [1.165, 1.54) is 24.8 Å². The number of fused-ring (bicyclic) bond motifs is 1. The van der Waals surface area contributed by atoms with E-state index in [2.05, 4.69) is 17.4 Å². The quantitative estimate of drug-likeness (QED) is 0.867. The third-order valence-corrected chi connectivity index (χ3v) is 3.53. The number of hydrogen-bond donors (Lipinski definition) is 1. The summed E-state index contributed by atoms with van der Waals surface area (Å²) in [6.45, 7) is 2.70. The Morgan fingerprint density at radius 2 is 2.35 bits per heavy atom. The summed E-state index contributed by atoms with van der Waals surface area (Å²) in [5.74, 6) is 1.93. The number of ether oxygens (including phenoxy) is 2. The molecule has 2 aliphatic rings. The highest BCUT2D eigenvalue weighted by Crippen LogP contribution is 2.29. The van der Waals surface area contributed by atoms with Gasteiger partial charge in [-0.05, 0) is 31.0 Å². The van der Waals surface area contributed by atoms with E-state index in [4.69, 9.17) is 9.47 Å². The minimum atomic E-state index is 0.512. The van der Waals surface area contributed by atoms with Crippen molar-refractivity contribution in [3.8, 4) is 11.5 Å². The molecular formula is C14H19NO2. The standard InChI is InChI=1S/C14H19NO2/c1-2-7-15-12(3-1)10-17-13-5-4-11-6-8-16-14(11)9-13/h4-5,9,12,15H,1-3,6-8,10H2. The van der Waals surface area contributed by atoms with Gasteiger partial charge in [-0.25, -0.2) is 0 Å². The number of rotatable bonds is 3. The summed E-state index contributed by atoms with van der Waals surface area (Å²) in [6, 6.07) is 6.70. The molecule has 17 heavy (non-hydrogen) atoms. The van der Waals surface area contributed by atoms with Crippen molar-refractivity contribution in [3.05, 3.63) is 23.8 Å². The summed E-state index contributed by atoms with van der Waals surface area (Å²) in [6.07, 6.45) is 4.86. The fourth-order valence-electron chi connectivity index (χ4n) is 2.50. The SMILES string of the molecule is c1cc2c(cc1OCC1CCCCN1)OCC2. The first-order valence-electron chi connectivity index (χ1n) is 6.54. The molecule has 3 rings (SSSR count). The fraction of sp³-hybridized carbons (Fsp3) is 0.571. The van der Waals surface area contributed by atoms with Crippen LogP contribution < -0.4 is 14.8 Å². The van der Waals surface area contributed by atoms with E-state index in [9.17, 15) is 0 Å². The van der Waals surface area contributed by atoms with Crippen LogP contribution in [0.25, 0.3) is 0 Å². The average molecular weight is 233 g/mol. The number of nitrogens with one attached hydrogen (secondary N) is 1. The van der Waals surface area contributed by atoms with Gasteiger partial charge in [-0.15, -0.1) is 0 Å². The van der Waals surface area contributed by atoms with Gasteiger partial charge in [0.05, 0.1) is 6.61 Å². The van der Waals surface area contributed by atoms with Gasteiger partial charge < -0.3 is 14.8 Å². The molecule has 1 aromatic carbocycles. The average Bonchev–Trinajstić information content (AvgIpc) is 2.85. The maximum Gasteiger partial charge on any atom is 0.126 e. The Hall–Kier alpha value is -1.22. The summed E-state index contributed by atoms with van der Waals surface area (Å²) in [7, 11) is 0. The summed E-state index contributed by atoms with van der Waals surface area (Å²) in [5, 5.41) is 3.49. The van der Waals surface area contributed by atoms with Crippen LogP contribution in [0.1, 0.15) is 24.8 Å². The number of piperidine rings is 1. The van der Waals surface area contributed by atoms with Gasteiger partial charge >= 0.3 is 0 Å². The highest BCUT2D eigenvalue weighted by atomic mass is 16.5. The first-order valence-corrected chi connectivity index (χ1v) is 6.54. The zero-order valence-electron chi connectivity index (χ0n) is 10.1. The van der Waals surface area contributed by atoms with Gasteiger partial charge in [0.25, 0.3) is 0 Å². The molecule has 92 valence electrons. The van der Waals surface area contributed by atoms with Crippen LogP contribution in [0.2, 0.25) is 0 Å². The monoisotopic (exact) mass is 233 g/mol. The fourth-order valence-corrected chi connectivity index (χ4v) is 2.50. The molecule has 3 nitrogen and oxygen atoms in total. The molecule has 0 radical (unpaired) electrons. The molecule has 0 amide bonds. The van der Waals surface area contributed by atoms with E-state index in [0.29, 0.717) is 6.04 Å².